The van der Waals surface area contributed by atoms with E-state index in [2.05, 4.69) is 4.84 Å². The van der Waals surface area contributed by atoms with Crippen molar-refractivity contribution in [2.45, 2.75) is 0 Å². The second kappa shape index (κ2) is 4.81. The van der Waals surface area contributed by atoms with Crippen LogP contribution in [0.5, 0.6) is 0 Å². The first-order valence-corrected chi connectivity index (χ1v) is 4.34. The Morgan fingerprint density at radius 3 is 2.80 bits per heavy atom. The summed E-state index contributed by atoms with van der Waals surface area (Å²) in [5, 5.41) is 8.67. The topological polar surface area (TPSA) is 80.6 Å². The van der Waals surface area contributed by atoms with Gasteiger partial charge in [0.05, 0.1) is 5.02 Å². The predicted molar refractivity (Wildman–Crippen MR) is 51.5 cm³/mol. The van der Waals surface area contributed by atoms with Gasteiger partial charge >= 0.3 is 5.97 Å². The lowest BCUT2D eigenvalue weighted by Crippen LogP contribution is -2.27. The number of hydrogen-bond acceptors (Lipinski definition) is 3. The maximum absolute atomic E-state index is 11.4. The molecule has 0 unspecified atom stereocenters. The average Bonchev–Trinajstić information content (AvgIpc) is 2.44. The van der Waals surface area contributed by atoms with Gasteiger partial charge < -0.3 is 9.67 Å². The molecule has 0 bridgehead atoms. The van der Waals surface area contributed by atoms with Crippen LogP contribution >= 0.6 is 11.6 Å². The normalized spacial score (nSPS) is 10.0. The highest BCUT2D eigenvalue weighted by Crippen LogP contribution is 2.12. The van der Waals surface area contributed by atoms with Crippen molar-refractivity contribution < 1.29 is 19.5 Å². The van der Waals surface area contributed by atoms with Crippen LogP contribution in [0.25, 0.3) is 0 Å². The minimum Gasteiger partial charge on any atom is -0.479 e. The van der Waals surface area contributed by atoms with Crippen LogP contribution in [0.15, 0.2) is 12.3 Å². The first-order valence-electron chi connectivity index (χ1n) is 3.96. The molecule has 1 aromatic heterocycles. The molecule has 1 aromatic rings. The Balaban J connectivity index is 2.54. The molecule has 0 aliphatic carbocycles. The molecular formula is C8H9ClN2O4. The Kier molecular flexibility index (Phi) is 3.70. The number of aliphatic carboxylic acids is 1. The van der Waals surface area contributed by atoms with Gasteiger partial charge in [0.15, 0.2) is 6.61 Å². The SMILES string of the molecule is Cn1cc(Cl)cc1C(=O)NOCC(=O)O. The van der Waals surface area contributed by atoms with E-state index in [-0.39, 0.29) is 5.69 Å². The van der Waals surface area contributed by atoms with Gasteiger partial charge in [-0.05, 0) is 6.07 Å². The number of amides is 1. The molecule has 15 heavy (non-hydrogen) atoms. The second-order valence-corrected chi connectivity index (χ2v) is 3.20. The molecule has 0 saturated carbocycles. The number of carboxylic acid groups (broad SMARTS) is 1. The summed E-state index contributed by atoms with van der Waals surface area (Å²) in [4.78, 5) is 25.9. The van der Waals surface area contributed by atoms with Crippen molar-refractivity contribution in [3.05, 3.63) is 23.0 Å². The molecule has 7 heteroatoms. The summed E-state index contributed by atoms with van der Waals surface area (Å²) in [7, 11) is 1.64. The Hall–Kier alpha value is -1.53. The lowest BCUT2D eigenvalue weighted by Gasteiger charge is -2.03. The van der Waals surface area contributed by atoms with Crippen LogP contribution in [-0.2, 0) is 16.7 Å². The highest BCUT2D eigenvalue weighted by molar-refractivity contribution is 6.31. The number of carbonyl (C=O) groups is 2. The molecule has 0 radical (unpaired) electrons. The van der Waals surface area contributed by atoms with E-state index in [9.17, 15) is 9.59 Å². The molecule has 0 saturated heterocycles. The summed E-state index contributed by atoms with van der Waals surface area (Å²) in [5.41, 5.74) is 2.27. The summed E-state index contributed by atoms with van der Waals surface area (Å²) in [6.45, 7) is -0.593. The van der Waals surface area contributed by atoms with E-state index in [1.807, 2.05) is 5.48 Å². The molecule has 0 aliphatic rings. The van der Waals surface area contributed by atoms with Crippen LogP contribution in [-0.4, -0.2) is 28.2 Å². The van der Waals surface area contributed by atoms with Gasteiger partial charge in [-0.25, -0.2) is 10.3 Å². The summed E-state index contributed by atoms with van der Waals surface area (Å²) in [5.74, 6) is -1.72. The van der Waals surface area contributed by atoms with Crippen molar-refractivity contribution >= 4 is 23.5 Å². The number of rotatable bonds is 4. The van der Waals surface area contributed by atoms with E-state index in [1.54, 1.807) is 13.2 Å². The fraction of sp³-hybridized carbons (Fsp3) is 0.250. The number of carbonyl (C=O) groups excluding carboxylic acids is 1. The molecule has 6 nitrogen and oxygen atoms in total. The first-order chi connectivity index (χ1) is 7.00. The van der Waals surface area contributed by atoms with Gasteiger partial charge in [-0.2, -0.15) is 0 Å². The molecule has 2 N–H and O–H groups in total. The monoisotopic (exact) mass is 232 g/mol. The van der Waals surface area contributed by atoms with Crippen LogP contribution in [0.2, 0.25) is 5.02 Å². The van der Waals surface area contributed by atoms with Gasteiger partial charge in [-0.3, -0.25) is 9.63 Å². The summed E-state index contributed by atoms with van der Waals surface area (Å²) in [6.07, 6.45) is 1.55. The minimum atomic E-state index is -1.17. The van der Waals surface area contributed by atoms with E-state index >= 15 is 0 Å². The van der Waals surface area contributed by atoms with E-state index < -0.39 is 18.5 Å². The standard InChI is InChI=1S/C8H9ClN2O4/c1-11-3-5(9)2-6(11)8(14)10-15-4-7(12)13/h2-3H,4H2,1H3,(H,10,14)(H,12,13). The molecule has 0 fully saturated rings. The number of aryl methyl sites for hydroxylation is 1. The fourth-order valence-electron chi connectivity index (χ4n) is 0.966. The lowest BCUT2D eigenvalue weighted by molar-refractivity contribution is -0.144. The van der Waals surface area contributed by atoms with Gasteiger partial charge in [-0.1, -0.05) is 11.6 Å². The van der Waals surface area contributed by atoms with Crippen molar-refractivity contribution in [1.82, 2.24) is 10.0 Å². The number of carboxylic acids is 1. The molecular weight excluding hydrogens is 224 g/mol. The van der Waals surface area contributed by atoms with Crippen molar-refractivity contribution in [2.24, 2.45) is 7.05 Å². The van der Waals surface area contributed by atoms with Crippen LogP contribution < -0.4 is 5.48 Å². The third kappa shape index (κ3) is 3.26. The molecule has 0 spiro atoms. The molecule has 82 valence electrons. The first kappa shape index (κ1) is 11.5. The third-order valence-electron chi connectivity index (χ3n) is 1.56. The van der Waals surface area contributed by atoms with Crippen LogP contribution in [0, 0.1) is 0 Å². The van der Waals surface area contributed by atoms with E-state index in [4.69, 9.17) is 16.7 Å². The molecule has 1 heterocycles. The Morgan fingerprint density at radius 1 is 1.67 bits per heavy atom. The van der Waals surface area contributed by atoms with Crippen molar-refractivity contribution in [3.8, 4) is 0 Å². The number of aromatic nitrogens is 1. The molecule has 0 aliphatic heterocycles. The fourth-order valence-corrected chi connectivity index (χ4v) is 1.22. The number of nitrogens with one attached hydrogen (secondary N) is 1. The van der Waals surface area contributed by atoms with Gasteiger partial charge in [-0.15, -0.1) is 0 Å². The van der Waals surface area contributed by atoms with E-state index in [1.165, 1.54) is 10.6 Å². The van der Waals surface area contributed by atoms with Crippen molar-refractivity contribution in [1.29, 1.82) is 0 Å². The molecule has 1 amide bonds. The van der Waals surface area contributed by atoms with Crippen molar-refractivity contribution in [3.63, 3.8) is 0 Å². The van der Waals surface area contributed by atoms with Gasteiger partial charge in [0.25, 0.3) is 5.91 Å². The summed E-state index contributed by atoms with van der Waals surface area (Å²) < 4.78 is 1.50. The Labute approximate surface area is 90.3 Å². The van der Waals surface area contributed by atoms with Crippen LogP contribution in [0.1, 0.15) is 10.5 Å². The number of hydroxylamine groups is 1. The number of nitrogens with zero attached hydrogens (tertiary/aromatic N) is 1. The van der Waals surface area contributed by atoms with E-state index in [0.717, 1.165) is 0 Å². The van der Waals surface area contributed by atoms with Crippen LogP contribution in [0.3, 0.4) is 0 Å². The third-order valence-corrected chi connectivity index (χ3v) is 1.77. The summed E-state index contributed by atoms with van der Waals surface area (Å²) >= 11 is 5.66. The number of halogens is 1. The highest BCUT2D eigenvalue weighted by Gasteiger charge is 2.11. The van der Waals surface area contributed by atoms with E-state index in [0.29, 0.717) is 5.02 Å². The zero-order valence-corrected chi connectivity index (χ0v) is 8.61. The zero-order chi connectivity index (χ0) is 11.4. The minimum absolute atomic E-state index is 0.283. The molecule has 0 aromatic carbocycles. The van der Waals surface area contributed by atoms with Crippen molar-refractivity contribution in [2.75, 3.05) is 6.61 Å². The highest BCUT2D eigenvalue weighted by atomic mass is 35.5. The second-order valence-electron chi connectivity index (χ2n) is 2.77. The Morgan fingerprint density at radius 2 is 2.33 bits per heavy atom. The quantitative estimate of drug-likeness (QED) is 0.738. The maximum atomic E-state index is 11.4. The zero-order valence-electron chi connectivity index (χ0n) is 7.86. The Bertz CT molecular complexity index is 388. The van der Waals surface area contributed by atoms with Crippen LogP contribution in [0.4, 0.5) is 0 Å². The largest absolute Gasteiger partial charge is 0.479 e. The lowest BCUT2D eigenvalue weighted by atomic mass is 10.4. The van der Waals surface area contributed by atoms with Gasteiger partial charge in [0, 0.05) is 13.2 Å². The molecule has 1 rings (SSSR count). The van der Waals surface area contributed by atoms with Gasteiger partial charge in [0.2, 0.25) is 0 Å². The smallest absolute Gasteiger partial charge is 0.332 e. The average molecular weight is 233 g/mol. The number of hydrogen-bond donors (Lipinski definition) is 2. The summed E-state index contributed by atoms with van der Waals surface area (Å²) in [6, 6.07) is 1.45. The predicted octanol–water partition coefficient (Wildman–Crippen LogP) is 0.424. The maximum Gasteiger partial charge on any atom is 0.332 e. The molecule has 0 atom stereocenters. The van der Waals surface area contributed by atoms with Gasteiger partial charge in [0.1, 0.15) is 5.69 Å².